The van der Waals surface area contributed by atoms with Gasteiger partial charge in [-0.3, -0.25) is 0 Å². The van der Waals surface area contributed by atoms with E-state index in [-0.39, 0.29) is 31.0 Å². The summed E-state index contributed by atoms with van der Waals surface area (Å²) in [6, 6.07) is 0. The standard InChI is InChI=1S/C2H2O4.Na/c3-1(4)2(5)6;/h(H,3,4)(H,5,6);/q;+1/p-1. The summed E-state index contributed by atoms with van der Waals surface area (Å²) in [5, 5.41) is 17.9. The van der Waals surface area contributed by atoms with Crippen LogP contribution in [0.5, 0.6) is 0 Å². The molecule has 0 rings (SSSR count). The largest absolute Gasteiger partial charge is 1.00 e. The fraction of sp³-hybridized carbons (Fsp3) is 0. The van der Waals surface area contributed by atoms with Crippen LogP contribution in [0.3, 0.4) is 0 Å². The normalized spacial score (nSPS) is 6.29. The van der Waals surface area contributed by atoms with E-state index in [1.165, 1.54) is 0 Å². The summed E-state index contributed by atoms with van der Waals surface area (Å²) >= 11 is 0. The van der Waals surface area contributed by atoms with Gasteiger partial charge in [-0.15, -0.1) is 0 Å². The van der Waals surface area contributed by atoms with Crippen LogP contribution in [0.15, 0.2) is 0 Å². The number of carbonyl (C=O) groups excluding carboxylic acids is 2. The first-order valence-corrected chi connectivity index (χ1v) is 1.07. The maximum Gasteiger partial charge on any atom is 1.00 e. The van der Waals surface area contributed by atoms with Crippen molar-refractivity contribution in [1.29, 1.82) is 0 Å². The summed E-state index contributed by atoms with van der Waals surface area (Å²) in [6.45, 7) is 0. The molecule has 4 nitrogen and oxygen atoms in total. The Morgan fingerprint density at radius 1 is 1.14 bits per heavy atom. The minimum Gasteiger partial charge on any atom is -0.543 e. The fourth-order valence-corrected chi connectivity index (χ4v) is 0. The van der Waals surface area contributed by atoms with Gasteiger partial charge < -0.3 is 19.8 Å². The maximum absolute atomic E-state index is 8.93. The van der Waals surface area contributed by atoms with Gasteiger partial charge >= 0.3 is 31.0 Å². The van der Waals surface area contributed by atoms with Crippen molar-refractivity contribution in [2.75, 3.05) is 0 Å². The molecule has 0 atom stereocenters. The summed E-state index contributed by atoms with van der Waals surface area (Å²) in [4.78, 5) is 17.9. The van der Waals surface area contributed by atoms with E-state index in [2.05, 4.69) is 0 Å². The Bertz CT molecular complexity index is 80.0. The number of hydrogen-bond acceptors (Lipinski definition) is 4. The molecular formula is C2HNaO4. The van der Waals surface area contributed by atoms with Crippen LogP contribution in [0.2, 0.25) is 0 Å². The van der Waals surface area contributed by atoms with E-state index >= 15 is 0 Å². The summed E-state index contributed by atoms with van der Waals surface area (Å²) in [7, 11) is 0. The van der Waals surface area contributed by atoms with Crippen LogP contribution in [0.4, 0.5) is 0 Å². The SMILES string of the molecule is O=C([O-])C(=O)[O-].[H+].[Na+]. The zero-order valence-corrected chi connectivity index (χ0v) is 5.63. The molecule has 0 N–H and O–H groups in total. The van der Waals surface area contributed by atoms with E-state index < -0.39 is 11.9 Å². The molecule has 0 aliphatic heterocycles. The van der Waals surface area contributed by atoms with Crippen LogP contribution in [-0.4, -0.2) is 11.9 Å². The van der Waals surface area contributed by atoms with Crippen molar-refractivity contribution in [3.63, 3.8) is 0 Å². The maximum atomic E-state index is 8.93. The zero-order chi connectivity index (χ0) is 5.15. The van der Waals surface area contributed by atoms with Crippen molar-refractivity contribution in [1.82, 2.24) is 0 Å². The molecule has 0 radical (unpaired) electrons. The van der Waals surface area contributed by atoms with E-state index in [9.17, 15) is 0 Å². The molecule has 7 heavy (non-hydrogen) atoms. The number of rotatable bonds is 0. The van der Waals surface area contributed by atoms with Gasteiger partial charge in [0.05, 0.1) is 11.9 Å². The number of carbonyl (C=O) groups is 2. The molecule has 0 aromatic carbocycles. The van der Waals surface area contributed by atoms with Gasteiger partial charge in [-0.25, -0.2) is 0 Å². The Kier molecular flexibility index (Phi) is 5.89. The molecule has 0 aromatic heterocycles. The van der Waals surface area contributed by atoms with Crippen LogP contribution in [0.1, 0.15) is 1.43 Å². The Balaban J connectivity index is -0.000000125. The second-order valence-electron chi connectivity index (χ2n) is 0.575. The van der Waals surface area contributed by atoms with E-state index in [1.54, 1.807) is 0 Å². The molecule has 0 aliphatic rings. The van der Waals surface area contributed by atoms with Gasteiger partial charge in [0.2, 0.25) is 0 Å². The number of carboxylic acid groups (broad SMARTS) is 2. The van der Waals surface area contributed by atoms with Gasteiger partial charge in [-0.05, 0) is 0 Å². The Morgan fingerprint density at radius 3 is 1.29 bits per heavy atom. The van der Waals surface area contributed by atoms with Crippen molar-refractivity contribution in [3.05, 3.63) is 0 Å². The zero-order valence-electron chi connectivity index (χ0n) is 4.63. The van der Waals surface area contributed by atoms with Gasteiger partial charge in [0.1, 0.15) is 0 Å². The Hall–Kier alpha value is -0.0600. The smallest absolute Gasteiger partial charge is 0.543 e. The molecule has 0 fully saturated rings. The van der Waals surface area contributed by atoms with Gasteiger partial charge in [0.15, 0.2) is 0 Å². The van der Waals surface area contributed by atoms with Crippen LogP contribution < -0.4 is 39.8 Å². The first kappa shape index (κ1) is 10.0. The van der Waals surface area contributed by atoms with E-state index in [0.29, 0.717) is 0 Å². The fourth-order valence-electron chi connectivity index (χ4n) is 0. The molecule has 0 saturated heterocycles. The van der Waals surface area contributed by atoms with Crippen molar-refractivity contribution in [3.8, 4) is 0 Å². The molecule has 5 heteroatoms. The molecule has 34 valence electrons. The average Bonchev–Trinajstić information content (AvgIpc) is 1.36. The number of hydrogen-bond donors (Lipinski definition) is 0. The molecular weight excluding hydrogens is 111 g/mol. The van der Waals surface area contributed by atoms with Crippen LogP contribution >= 0.6 is 0 Å². The third kappa shape index (κ3) is 5.94. The summed E-state index contributed by atoms with van der Waals surface area (Å²) in [5.41, 5.74) is 0. The first-order chi connectivity index (χ1) is 2.64. The van der Waals surface area contributed by atoms with Crippen molar-refractivity contribution in [2.45, 2.75) is 0 Å². The molecule has 0 bridgehead atoms. The molecule has 0 amide bonds. The average molecular weight is 112 g/mol. The van der Waals surface area contributed by atoms with Gasteiger partial charge in [0.25, 0.3) is 0 Å². The number of aliphatic carboxylic acids is 2. The number of carboxylic acids is 2. The first-order valence-electron chi connectivity index (χ1n) is 1.07. The van der Waals surface area contributed by atoms with Crippen LogP contribution in [0, 0.1) is 0 Å². The molecule has 0 heterocycles. The molecule has 0 spiro atoms. The Labute approximate surface area is 62.9 Å². The minimum atomic E-state index is -2.19. The van der Waals surface area contributed by atoms with E-state index in [1.807, 2.05) is 0 Å². The summed E-state index contributed by atoms with van der Waals surface area (Å²) < 4.78 is 0. The second kappa shape index (κ2) is 4.11. The van der Waals surface area contributed by atoms with Gasteiger partial charge in [-0.1, -0.05) is 0 Å². The Morgan fingerprint density at radius 2 is 1.29 bits per heavy atom. The predicted octanol–water partition coefficient (Wildman–Crippen LogP) is -6.40. The minimum absolute atomic E-state index is 0. The molecule has 0 aliphatic carbocycles. The topological polar surface area (TPSA) is 80.3 Å². The third-order valence-corrected chi connectivity index (χ3v) is 0.167. The van der Waals surface area contributed by atoms with Crippen molar-refractivity contribution in [2.24, 2.45) is 0 Å². The second-order valence-corrected chi connectivity index (χ2v) is 0.575. The monoisotopic (exact) mass is 112 g/mol. The summed E-state index contributed by atoms with van der Waals surface area (Å²) in [5.74, 6) is -4.37. The molecule has 0 saturated carbocycles. The van der Waals surface area contributed by atoms with E-state index in [0.717, 1.165) is 0 Å². The quantitative estimate of drug-likeness (QED) is 0.230. The summed E-state index contributed by atoms with van der Waals surface area (Å²) in [6.07, 6.45) is 0. The van der Waals surface area contributed by atoms with Crippen molar-refractivity contribution < 1.29 is 50.8 Å². The van der Waals surface area contributed by atoms with Gasteiger partial charge in [0, 0.05) is 0 Å². The predicted molar refractivity (Wildman–Crippen MR) is 11.1 cm³/mol. The molecule has 0 aromatic rings. The van der Waals surface area contributed by atoms with Crippen LogP contribution in [-0.2, 0) is 9.59 Å². The molecule has 0 unspecified atom stereocenters. The van der Waals surface area contributed by atoms with Crippen LogP contribution in [0.25, 0.3) is 0 Å². The van der Waals surface area contributed by atoms with Gasteiger partial charge in [-0.2, -0.15) is 0 Å². The van der Waals surface area contributed by atoms with Crippen molar-refractivity contribution >= 4 is 11.9 Å². The van der Waals surface area contributed by atoms with E-state index in [4.69, 9.17) is 19.8 Å². The third-order valence-electron chi connectivity index (χ3n) is 0.167.